The number of nitrogens with zero attached hydrogens (tertiary/aromatic N) is 1. The minimum atomic E-state index is 0.135. The molecule has 0 saturated carbocycles. The molecule has 0 unspecified atom stereocenters. The maximum atomic E-state index is 8.89. The van der Waals surface area contributed by atoms with Crippen molar-refractivity contribution in [3.8, 4) is 11.5 Å². The van der Waals surface area contributed by atoms with Crippen molar-refractivity contribution >= 4 is 22.5 Å². The molecular weight excluding hydrogens is 250 g/mol. The van der Waals surface area contributed by atoms with Crippen molar-refractivity contribution in [3.05, 3.63) is 24.4 Å². The number of methoxy groups -OCH3 is 2. The predicted molar refractivity (Wildman–Crippen MR) is 72.7 cm³/mol. The second-order valence-corrected chi connectivity index (χ2v) is 4.70. The van der Waals surface area contributed by atoms with Crippen molar-refractivity contribution in [1.82, 2.24) is 4.98 Å². The highest BCUT2D eigenvalue weighted by molar-refractivity contribution is 7.99. The van der Waals surface area contributed by atoms with Gasteiger partial charge in [0.2, 0.25) is 0 Å². The normalized spacial score (nSPS) is 10.6. The van der Waals surface area contributed by atoms with E-state index >= 15 is 0 Å². The number of aromatic nitrogens is 1. The third-order valence-corrected chi connectivity index (χ3v) is 3.55. The summed E-state index contributed by atoms with van der Waals surface area (Å²) in [6.45, 7) is 0.135. The van der Waals surface area contributed by atoms with Crippen LogP contribution in [-0.2, 0) is 0 Å². The summed E-state index contributed by atoms with van der Waals surface area (Å²) in [6.07, 6.45) is 1.76. The quantitative estimate of drug-likeness (QED) is 0.841. The molecule has 0 saturated heterocycles. The Morgan fingerprint density at radius 2 is 1.94 bits per heavy atom. The summed E-state index contributed by atoms with van der Waals surface area (Å²) in [5.74, 6) is 2.01. The molecular formula is C13H15NO3S. The first-order chi connectivity index (χ1) is 8.80. The molecule has 0 atom stereocenters. The smallest absolute Gasteiger partial charge is 0.161 e. The molecule has 96 valence electrons. The van der Waals surface area contributed by atoms with Gasteiger partial charge in [-0.25, -0.2) is 4.98 Å². The van der Waals surface area contributed by atoms with Gasteiger partial charge < -0.3 is 14.6 Å². The zero-order valence-electron chi connectivity index (χ0n) is 10.3. The summed E-state index contributed by atoms with van der Waals surface area (Å²) in [5.41, 5.74) is 0. The monoisotopic (exact) mass is 265 g/mol. The number of thioether (sulfide) groups is 1. The fourth-order valence-electron chi connectivity index (χ4n) is 1.73. The summed E-state index contributed by atoms with van der Waals surface area (Å²) in [5, 5.41) is 11.8. The molecule has 0 aliphatic heterocycles. The Labute approximate surface area is 110 Å². The van der Waals surface area contributed by atoms with Crippen LogP contribution in [-0.4, -0.2) is 36.7 Å². The molecule has 2 rings (SSSR count). The maximum absolute atomic E-state index is 8.89. The van der Waals surface area contributed by atoms with E-state index < -0.39 is 0 Å². The van der Waals surface area contributed by atoms with Gasteiger partial charge in [0.05, 0.1) is 20.8 Å². The van der Waals surface area contributed by atoms with Crippen LogP contribution in [0.5, 0.6) is 11.5 Å². The molecule has 1 N–H and O–H groups in total. The van der Waals surface area contributed by atoms with Gasteiger partial charge in [-0.05, 0) is 23.6 Å². The van der Waals surface area contributed by atoms with Crippen LogP contribution in [0.3, 0.4) is 0 Å². The highest BCUT2D eigenvalue weighted by atomic mass is 32.2. The Kier molecular flexibility index (Phi) is 4.28. The molecule has 1 heterocycles. The fraction of sp³-hybridized carbons (Fsp3) is 0.308. The van der Waals surface area contributed by atoms with E-state index in [9.17, 15) is 0 Å². The molecule has 0 aliphatic rings. The first-order valence-corrected chi connectivity index (χ1v) is 6.53. The first-order valence-electron chi connectivity index (χ1n) is 5.54. The van der Waals surface area contributed by atoms with Gasteiger partial charge in [-0.15, -0.1) is 11.8 Å². The van der Waals surface area contributed by atoms with Crippen molar-refractivity contribution < 1.29 is 14.6 Å². The van der Waals surface area contributed by atoms with E-state index in [1.807, 2.05) is 18.2 Å². The van der Waals surface area contributed by atoms with Crippen molar-refractivity contribution in [2.24, 2.45) is 0 Å². The lowest BCUT2D eigenvalue weighted by Crippen LogP contribution is -1.93. The van der Waals surface area contributed by atoms with E-state index in [2.05, 4.69) is 4.98 Å². The molecule has 2 aromatic rings. The van der Waals surface area contributed by atoms with Crippen molar-refractivity contribution in [2.75, 3.05) is 26.6 Å². The van der Waals surface area contributed by atoms with Gasteiger partial charge >= 0.3 is 0 Å². The summed E-state index contributed by atoms with van der Waals surface area (Å²) in [7, 11) is 3.23. The summed E-state index contributed by atoms with van der Waals surface area (Å²) in [6, 6.07) is 5.78. The molecule has 0 bridgehead atoms. The third kappa shape index (κ3) is 2.52. The highest BCUT2D eigenvalue weighted by Gasteiger charge is 2.09. The van der Waals surface area contributed by atoms with Crippen LogP contribution in [0.2, 0.25) is 0 Å². The molecule has 4 nitrogen and oxygen atoms in total. The van der Waals surface area contributed by atoms with Crippen LogP contribution in [0.25, 0.3) is 10.8 Å². The second kappa shape index (κ2) is 5.93. The lowest BCUT2D eigenvalue weighted by atomic mass is 10.1. The third-order valence-electron chi connectivity index (χ3n) is 2.56. The Morgan fingerprint density at radius 1 is 1.22 bits per heavy atom. The molecule has 0 radical (unpaired) electrons. The van der Waals surface area contributed by atoms with Crippen molar-refractivity contribution in [3.63, 3.8) is 0 Å². The Morgan fingerprint density at radius 3 is 2.61 bits per heavy atom. The number of rotatable bonds is 5. The van der Waals surface area contributed by atoms with E-state index in [1.165, 1.54) is 11.8 Å². The van der Waals surface area contributed by atoms with Gasteiger partial charge in [0.25, 0.3) is 0 Å². The minimum absolute atomic E-state index is 0.135. The average Bonchev–Trinajstić information content (AvgIpc) is 2.43. The number of ether oxygens (including phenoxy) is 2. The molecule has 18 heavy (non-hydrogen) atoms. The molecule has 1 aromatic carbocycles. The van der Waals surface area contributed by atoms with Crippen LogP contribution in [0.1, 0.15) is 0 Å². The predicted octanol–water partition coefficient (Wildman–Crippen LogP) is 2.34. The number of hydrogen-bond acceptors (Lipinski definition) is 5. The number of aliphatic hydroxyl groups excluding tert-OH is 1. The van der Waals surface area contributed by atoms with E-state index in [0.29, 0.717) is 17.3 Å². The number of pyridine rings is 1. The van der Waals surface area contributed by atoms with Crippen LogP contribution in [0, 0.1) is 0 Å². The Hall–Kier alpha value is -1.46. The number of aliphatic hydroxyl groups is 1. The van der Waals surface area contributed by atoms with E-state index in [-0.39, 0.29) is 6.61 Å². The highest BCUT2D eigenvalue weighted by Crippen LogP contribution is 2.35. The standard InChI is InChI=1S/C13H15NO3S/c1-16-11-7-9-3-4-14-13(18-6-5-15)10(9)8-12(11)17-2/h3-4,7-8,15H,5-6H2,1-2H3. The molecule has 5 heteroatoms. The zero-order chi connectivity index (χ0) is 13.0. The maximum Gasteiger partial charge on any atom is 0.161 e. The van der Waals surface area contributed by atoms with Crippen molar-refractivity contribution in [2.45, 2.75) is 5.03 Å². The van der Waals surface area contributed by atoms with Crippen LogP contribution >= 0.6 is 11.8 Å². The average molecular weight is 265 g/mol. The Balaban J connectivity index is 2.54. The second-order valence-electron chi connectivity index (χ2n) is 3.62. The van der Waals surface area contributed by atoms with E-state index in [1.54, 1.807) is 20.4 Å². The van der Waals surface area contributed by atoms with Crippen molar-refractivity contribution in [1.29, 1.82) is 0 Å². The summed E-state index contributed by atoms with van der Waals surface area (Å²) >= 11 is 1.53. The van der Waals surface area contributed by atoms with E-state index in [4.69, 9.17) is 14.6 Å². The van der Waals surface area contributed by atoms with Gasteiger partial charge in [-0.2, -0.15) is 0 Å². The number of hydrogen-bond donors (Lipinski definition) is 1. The van der Waals surface area contributed by atoms with Gasteiger partial charge in [-0.1, -0.05) is 0 Å². The summed E-state index contributed by atoms with van der Waals surface area (Å²) < 4.78 is 10.6. The van der Waals surface area contributed by atoms with Gasteiger partial charge in [0, 0.05) is 17.3 Å². The molecule has 1 aromatic heterocycles. The van der Waals surface area contributed by atoms with Gasteiger partial charge in [0.15, 0.2) is 11.5 Å². The molecule has 0 fully saturated rings. The lowest BCUT2D eigenvalue weighted by molar-refractivity contribution is 0.322. The first kappa shape index (κ1) is 13.0. The van der Waals surface area contributed by atoms with Crippen LogP contribution in [0.15, 0.2) is 29.4 Å². The Bertz CT molecular complexity index is 545. The largest absolute Gasteiger partial charge is 0.493 e. The SMILES string of the molecule is COc1cc2ccnc(SCCO)c2cc1OC. The van der Waals surface area contributed by atoms with Gasteiger partial charge in [0.1, 0.15) is 5.03 Å². The molecule has 0 amide bonds. The number of benzene rings is 1. The fourth-order valence-corrected chi connectivity index (χ4v) is 2.48. The number of fused-ring (bicyclic) bond motifs is 1. The molecule has 0 spiro atoms. The van der Waals surface area contributed by atoms with Crippen LogP contribution < -0.4 is 9.47 Å². The topological polar surface area (TPSA) is 51.6 Å². The molecule has 0 aliphatic carbocycles. The van der Waals surface area contributed by atoms with E-state index in [0.717, 1.165) is 15.8 Å². The zero-order valence-corrected chi connectivity index (χ0v) is 11.2. The van der Waals surface area contributed by atoms with Gasteiger partial charge in [-0.3, -0.25) is 0 Å². The summed E-state index contributed by atoms with van der Waals surface area (Å²) in [4.78, 5) is 4.33. The minimum Gasteiger partial charge on any atom is -0.493 e. The lowest BCUT2D eigenvalue weighted by Gasteiger charge is -2.10. The van der Waals surface area contributed by atoms with Crippen LogP contribution in [0.4, 0.5) is 0 Å².